The minimum Gasteiger partial charge on any atom is -0.507 e. The number of fused-ring (bicyclic) bond motifs is 1. The van der Waals surface area contributed by atoms with Gasteiger partial charge in [-0.05, 0) is 58.8 Å². The van der Waals surface area contributed by atoms with Gasteiger partial charge in [-0.2, -0.15) is 0 Å². The van der Waals surface area contributed by atoms with E-state index >= 15 is 0 Å². The van der Waals surface area contributed by atoms with Gasteiger partial charge in [0.05, 0.1) is 38.5 Å². The third-order valence-corrected chi connectivity index (χ3v) is 6.57. The first-order valence-corrected chi connectivity index (χ1v) is 11.6. The number of carbonyl (C=O) groups excluding carboxylic acids is 2. The molecular formula is C30H25NO6. The Balaban J connectivity index is 1.81. The van der Waals surface area contributed by atoms with Gasteiger partial charge < -0.3 is 19.3 Å². The number of rotatable bonds is 6. The maximum Gasteiger partial charge on any atom is 0.300 e. The van der Waals surface area contributed by atoms with Gasteiger partial charge in [0.25, 0.3) is 11.7 Å². The molecule has 1 amide bonds. The van der Waals surface area contributed by atoms with Crippen molar-refractivity contribution in [3.63, 3.8) is 0 Å². The number of carbonyl (C=O) groups is 2. The van der Waals surface area contributed by atoms with Crippen LogP contribution in [0, 0.1) is 0 Å². The van der Waals surface area contributed by atoms with Gasteiger partial charge in [-0.1, -0.05) is 42.5 Å². The number of nitrogens with zero attached hydrogens (tertiary/aromatic N) is 1. The van der Waals surface area contributed by atoms with E-state index in [0.717, 1.165) is 10.8 Å². The number of benzene rings is 4. The molecule has 1 atom stereocenters. The number of hydrogen-bond acceptors (Lipinski definition) is 6. The van der Waals surface area contributed by atoms with E-state index in [-0.39, 0.29) is 16.9 Å². The monoisotopic (exact) mass is 495 g/mol. The van der Waals surface area contributed by atoms with Crippen molar-refractivity contribution in [2.75, 3.05) is 26.2 Å². The van der Waals surface area contributed by atoms with E-state index in [4.69, 9.17) is 14.2 Å². The van der Waals surface area contributed by atoms with Crippen LogP contribution in [-0.2, 0) is 9.59 Å². The van der Waals surface area contributed by atoms with Crippen LogP contribution < -0.4 is 19.1 Å². The first-order chi connectivity index (χ1) is 18.0. The quantitative estimate of drug-likeness (QED) is 0.216. The largest absolute Gasteiger partial charge is 0.507 e. The zero-order valence-corrected chi connectivity index (χ0v) is 20.6. The van der Waals surface area contributed by atoms with Crippen LogP contribution in [0.15, 0.2) is 90.5 Å². The molecule has 0 bridgehead atoms. The average molecular weight is 496 g/mol. The number of ether oxygens (including phenoxy) is 3. The zero-order chi connectivity index (χ0) is 26.1. The molecule has 7 nitrogen and oxygen atoms in total. The Hall–Kier alpha value is -4.78. The zero-order valence-electron chi connectivity index (χ0n) is 20.6. The number of amides is 1. The molecule has 1 heterocycles. The molecular weight excluding hydrogens is 470 g/mol. The van der Waals surface area contributed by atoms with Crippen LogP contribution in [0.2, 0.25) is 0 Å². The number of aliphatic hydroxyl groups is 1. The molecule has 0 saturated carbocycles. The summed E-state index contributed by atoms with van der Waals surface area (Å²) in [5, 5.41) is 13.4. The third-order valence-electron chi connectivity index (χ3n) is 6.57. The summed E-state index contributed by atoms with van der Waals surface area (Å²) < 4.78 is 16.1. The van der Waals surface area contributed by atoms with Crippen LogP contribution in [0.3, 0.4) is 0 Å². The van der Waals surface area contributed by atoms with Crippen LogP contribution in [0.25, 0.3) is 16.5 Å². The molecule has 5 rings (SSSR count). The number of hydrogen-bond donors (Lipinski definition) is 1. The Morgan fingerprint density at radius 3 is 2.16 bits per heavy atom. The molecule has 4 aromatic rings. The molecule has 0 radical (unpaired) electrons. The first kappa shape index (κ1) is 23.9. The van der Waals surface area contributed by atoms with Crippen LogP contribution in [0.1, 0.15) is 17.2 Å². The maximum absolute atomic E-state index is 13.6. The lowest BCUT2D eigenvalue weighted by molar-refractivity contribution is -0.132. The molecule has 1 unspecified atom stereocenters. The van der Waals surface area contributed by atoms with E-state index in [0.29, 0.717) is 28.5 Å². The fourth-order valence-electron chi connectivity index (χ4n) is 4.77. The predicted molar refractivity (Wildman–Crippen MR) is 141 cm³/mol. The summed E-state index contributed by atoms with van der Waals surface area (Å²) in [5.74, 6) is -0.465. The number of Topliss-reactive ketones (excluding diaryl/α,β-unsaturated/α-hetero) is 1. The topological polar surface area (TPSA) is 85.3 Å². The molecule has 37 heavy (non-hydrogen) atoms. The van der Waals surface area contributed by atoms with Crippen molar-refractivity contribution in [1.82, 2.24) is 0 Å². The minimum absolute atomic E-state index is 0.0382. The average Bonchev–Trinajstić information content (AvgIpc) is 3.21. The summed E-state index contributed by atoms with van der Waals surface area (Å²) in [6, 6.07) is 24.3. The van der Waals surface area contributed by atoms with Crippen molar-refractivity contribution < 1.29 is 28.9 Å². The van der Waals surface area contributed by atoms with Crippen LogP contribution in [0.4, 0.5) is 5.69 Å². The lowest BCUT2D eigenvalue weighted by Gasteiger charge is -2.26. The third kappa shape index (κ3) is 4.04. The van der Waals surface area contributed by atoms with E-state index in [1.54, 1.807) is 49.6 Å². The molecule has 1 fully saturated rings. The van der Waals surface area contributed by atoms with Crippen molar-refractivity contribution in [1.29, 1.82) is 0 Å². The number of aliphatic hydroxyl groups excluding tert-OH is 1. The van der Waals surface area contributed by atoms with Gasteiger partial charge >= 0.3 is 0 Å². The molecule has 4 aromatic carbocycles. The molecule has 1 aliphatic rings. The second-order valence-electron chi connectivity index (χ2n) is 8.50. The Labute approximate surface area is 214 Å². The second-order valence-corrected chi connectivity index (χ2v) is 8.50. The lowest BCUT2D eigenvalue weighted by atomic mass is 9.91. The summed E-state index contributed by atoms with van der Waals surface area (Å²) in [5.41, 5.74) is 1.41. The van der Waals surface area contributed by atoms with Crippen LogP contribution in [-0.4, -0.2) is 38.1 Å². The summed E-state index contributed by atoms with van der Waals surface area (Å²) in [6.07, 6.45) is 0. The molecule has 0 aliphatic carbocycles. The summed E-state index contributed by atoms with van der Waals surface area (Å²) >= 11 is 0. The Bertz CT molecular complexity index is 1530. The SMILES string of the molecule is COc1ccc(N2C(=O)C(=O)/C(=C(/O)c3cc(OC)ccc3OC)C2c2cccc3ccccc23)cc1. The van der Waals surface area contributed by atoms with Gasteiger partial charge in [0.15, 0.2) is 0 Å². The van der Waals surface area contributed by atoms with Crippen molar-refractivity contribution in [3.8, 4) is 17.2 Å². The molecule has 186 valence electrons. The summed E-state index contributed by atoms with van der Waals surface area (Å²) in [4.78, 5) is 28.6. The molecule has 0 aromatic heterocycles. The van der Waals surface area contributed by atoms with Crippen LogP contribution in [0.5, 0.6) is 17.2 Å². The highest BCUT2D eigenvalue weighted by molar-refractivity contribution is 6.52. The van der Waals surface area contributed by atoms with E-state index in [1.807, 2.05) is 42.5 Å². The molecule has 7 heteroatoms. The Morgan fingerprint density at radius 2 is 1.46 bits per heavy atom. The number of anilines is 1. The Kier molecular flexibility index (Phi) is 6.27. The van der Waals surface area contributed by atoms with Crippen molar-refractivity contribution in [3.05, 3.63) is 102 Å². The minimum atomic E-state index is -0.893. The van der Waals surface area contributed by atoms with Crippen molar-refractivity contribution >= 4 is 33.9 Å². The standard InChI is InChI=1S/C30H25NO6/c1-35-20-13-11-19(12-14-20)31-27(23-10-6-8-18-7-4-5-9-22(18)23)26(29(33)30(31)34)28(32)24-17-21(36-2)15-16-25(24)37-3/h4-17,27,32H,1-3H3/b28-26+. The Morgan fingerprint density at radius 1 is 0.784 bits per heavy atom. The highest BCUT2D eigenvalue weighted by Gasteiger charge is 2.47. The van der Waals surface area contributed by atoms with E-state index < -0.39 is 17.7 Å². The molecule has 1 aliphatic heterocycles. The van der Waals surface area contributed by atoms with E-state index in [2.05, 4.69) is 0 Å². The maximum atomic E-state index is 13.6. The predicted octanol–water partition coefficient (Wildman–Crippen LogP) is 5.49. The van der Waals surface area contributed by atoms with Crippen LogP contribution >= 0.6 is 0 Å². The van der Waals surface area contributed by atoms with Gasteiger partial charge in [0.1, 0.15) is 23.0 Å². The lowest BCUT2D eigenvalue weighted by Crippen LogP contribution is -2.29. The van der Waals surface area contributed by atoms with Gasteiger partial charge in [-0.25, -0.2) is 0 Å². The molecule has 1 saturated heterocycles. The fourth-order valence-corrected chi connectivity index (χ4v) is 4.77. The number of methoxy groups -OCH3 is 3. The van der Waals surface area contributed by atoms with E-state index in [9.17, 15) is 14.7 Å². The summed E-state index contributed by atoms with van der Waals surface area (Å²) in [7, 11) is 4.53. The number of ketones is 1. The van der Waals surface area contributed by atoms with Crippen molar-refractivity contribution in [2.45, 2.75) is 6.04 Å². The normalized spacial score (nSPS) is 16.7. The second kappa shape index (κ2) is 9.70. The smallest absolute Gasteiger partial charge is 0.300 e. The summed E-state index contributed by atoms with van der Waals surface area (Å²) in [6.45, 7) is 0. The first-order valence-electron chi connectivity index (χ1n) is 11.6. The van der Waals surface area contributed by atoms with Gasteiger partial charge in [-0.15, -0.1) is 0 Å². The fraction of sp³-hybridized carbons (Fsp3) is 0.133. The van der Waals surface area contributed by atoms with Gasteiger partial charge in [-0.3, -0.25) is 14.5 Å². The highest BCUT2D eigenvalue weighted by atomic mass is 16.5. The van der Waals surface area contributed by atoms with E-state index in [1.165, 1.54) is 19.1 Å². The van der Waals surface area contributed by atoms with Gasteiger partial charge in [0, 0.05) is 5.69 Å². The molecule has 0 spiro atoms. The van der Waals surface area contributed by atoms with Gasteiger partial charge in [0.2, 0.25) is 0 Å². The molecule has 1 N–H and O–H groups in total. The highest BCUT2D eigenvalue weighted by Crippen LogP contribution is 2.45. The van der Waals surface area contributed by atoms with Crippen molar-refractivity contribution in [2.24, 2.45) is 0 Å².